The second kappa shape index (κ2) is 10.1. The summed E-state index contributed by atoms with van der Waals surface area (Å²) >= 11 is 0. The van der Waals surface area contributed by atoms with Gasteiger partial charge in [-0.2, -0.15) is 0 Å². The Labute approximate surface area is 209 Å². The van der Waals surface area contributed by atoms with Crippen molar-refractivity contribution in [3.05, 3.63) is 0 Å². The molecule has 2 N–H and O–H groups in total. The lowest BCUT2D eigenvalue weighted by atomic mass is 9.71. The standard InChI is InChI=1S/C26H45N3O6/c1-17-8-9-18(19(30)14-17)20(27-22(32)34-24(2,3)4)21(31)28-12-10-26(11-13-28)15-29(16-26)23(33)35-25(5,6)7/h17-20,30H,8-16H2,1-7H3,(H,27,32)/t17?,18-,19-,20+/m1/s1. The first-order valence-electron chi connectivity index (χ1n) is 13.0. The van der Waals surface area contributed by atoms with Crippen LogP contribution >= 0.6 is 0 Å². The highest BCUT2D eigenvalue weighted by Gasteiger charge is 2.49. The third kappa shape index (κ3) is 7.24. The van der Waals surface area contributed by atoms with Crippen molar-refractivity contribution in [1.29, 1.82) is 0 Å². The molecule has 9 heteroatoms. The maximum absolute atomic E-state index is 13.6. The first-order valence-corrected chi connectivity index (χ1v) is 13.0. The van der Waals surface area contributed by atoms with E-state index in [-0.39, 0.29) is 23.3 Å². The van der Waals surface area contributed by atoms with Crippen LogP contribution in [0, 0.1) is 17.3 Å². The molecule has 2 saturated heterocycles. The second-order valence-electron chi connectivity index (χ2n) is 12.9. The first kappa shape index (κ1) is 27.6. The van der Waals surface area contributed by atoms with Gasteiger partial charge in [0.05, 0.1) is 6.10 Å². The molecular formula is C26H45N3O6. The number of rotatable bonds is 3. The first-order chi connectivity index (χ1) is 16.1. The van der Waals surface area contributed by atoms with Gasteiger partial charge in [-0.1, -0.05) is 13.3 Å². The summed E-state index contributed by atoms with van der Waals surface area (Å²) in [6.07, 6.45) is 2.22. The van der Waals surface area contributed by atoms with Crippen molar-refractivity contribution >= 4 is 18.1 Å². The van der Waals surface area contributed by atoms with Crippen LogP contribution in [0.1, 0.15) is 80.6 Å². The number of hydrogen-bond acceptors (Lipinski definition) is 6. The molecule has 3 rings (SSSR count). The van der Waals surface area contributed by atoms with Gasteiger partial charge in [0.2, 0.25) is 5.91 Å². The van der Waals surface area contributed by atoms with Crippen LogP contribution in [-0.2, 0) is 14.3 Å². The molecule has 35 heavy (non-hydrogen) atoms. The highest BCUT2D eigenvalue weighted by Crippen LogP contribution is 2.41. The van der Waals surface area contributed by atoms with E-state index >= 15 is 0 Å². The smallest absolute Gasteiger partial charge is 0.410 e. The Morgan fingerprint density at radius 1 is 0.943 bits per heavy atom. The zero-order valence-corrected chi connectivity index (χ0v) is 22.6. The molecule has 9 nitrogen and oxygen atoms in total. The summed E-state index contributed by atoms with van der Waals surface area (Å²) in [5, 5.41) is 13.6. The van der Waals surface area contributed by atoms with Gasteiger partial charge in [0.1, 0.15) is 17.2 Å². The van der Waals surface area contributed by atoms with Gasteiger partial charge < -0.3 is 29.7 Å². The Balaban J connectivity index is 1.61. The van der Waals surface area contributed by atoms with Crippen LogP contribution < -0.4 is 5.32 Å². The van der Waals surface area contributed by atoms with Crippen LogP contribution in [0.15, 0.2) is 0 Å². The molecule has 2 aliphatic heterocycles. The highest BCUT2D eigenvalue weighted by molar-refractivity contribution is 5.86. The maximum atomic E-state index is 13.6. The molecule has 0 radical (unpaired) electrons. The molecule has 3 amide bonds. The lowest BCUT2D eigenvalue weighted by Gasteiger charge is -2.54. The SMILES string of the molecule is CC1CC[C@@H]([C@H](NC(=O)OC(C)(C)C)C(=O)N2CCC3(CC2)CN(C(=O)OC(C)(C)C)C3)[C@H](O)C1. The molecule has 3 fully saturated rings. The quantitative estimate of drug-likeness (QED) is 0.620. The van der Waals surface area contributed by atoms with Crippen LogP contribution in [0.3, 0.4) is 0 Å². The number of piperidine rings is 1. The zero-order valence-electron chi connectivity index (χ0n) is 22.6. The summed E-state index contributed by atoms with van der Waals surface area (Å²) < 4.78 is 10.9. The Bertz CT molecular complexity index is 786. The fourth-order valence-corrected chi connectivity index (χ4v) is 5.48. The minimum Gasteiger partial charge on any atom is -0.444 e. The molecule has 0 aromatic rings. The topological polar surface area (TPSA) is 108 Å². The number of alkyl carbamates (subject to hydrolysis) is 1. The number of aliphatic hydroxyl groups is 1. The monoisotopic (exact) mass is 495 g/mol. The molecule has 4 atom stereocenters. The normalized spacial score (nSPS) is 27.6. The number of likely N-dealkylation sites (tertiary alicyclic amines) is 2. The summed E-state index contributed by atoms with van der Waals surface area (Å²) in [6, 6.07) is -0.818. The summed E-state index contributed by atoms with van der Waals surface area (Å²) in [5.41, 5.74) is -1.19. The van der Waals surface area contributed by atoms with E-state index in [1.54, 1.807) is 30.6 Å². The molecule has 1 aliphatic carbocycles. The number of hydrogen-bond donors (Lipinski definition) is 2. The molecule has 1 saturated carbocycles. The summed E-state index contributed by atoms with van der Waals surface area (Å²) in [7, 11) is 0. The second-order valence-corrected chi connectivity index (χ2v) is 12.9. The number of carbonyl (C=O) groups excluding carboxylic acids is 3. The molecule has 200 valence electrons. The van der Waals surface area contributed by atoms with E-state index in [9.17, 15) is 19.5 Å². The molecule has 0 bridgehead atoms. The van der Waals surface area contributed by atoms with E-state index in [0.717, 1.165) is 19.3 Å². The molecule has 3 aliphatic rings. The van der Waals surface area contributed by atoms with Gasteiger partial charge in [-0.25, -0.2) is 9.59 Å². The molecule has 0 aromatic heterocycles. The fraction of sp³-hybridized carbons (Fsp3) is 0.885. The van der Waals surface area contributed by atoms with Gasteiger partial charge in [-0.3, -0.25) is 4.79 Å². The Hall–Kier alpha value is -2.03. The maximum Gasteiger partial charge on any atom is 0.410 e. The average Bonchev–Trinajstić information content (AvgIpc) is 2.67. The van der Waals surface area contributed by atoms with Gasteiger partial charge in [0.15, 0.2) is 0 Å². The number of nitrogens with zero attached hydrogens (tertiary/aromatic N) is 2. The molecule has 1 spiro atoms. The molecule has 2 heterocycles. The Kier molecular flexibility index (Phi) is 7.99. The van der Waals surface area contributed by atoms with Crippen LogP contribution in [0.25, 0.3) is 0 Å². The Morgan fingerprint density at radius 3 is 2.03 bits per heavy atom. The van der Waals surface area contributed by atoms with Crippen LogP contribution in [0.4, 0.5) is 9.59 Å². The van der Waals surface area contributed by atoms with E-state index in [1.807, 2.05) is 20.8 Å². The van der Waals surface area contributed by atoms with E-state index < -0.39 is 29.4 Å². The predicted octanol–water partition coefficient (Wildman–Crippen LogP) is 3.54. The summed E-state index contributed by atoms with van der Waals surface area (Å²) in [6.45, 7) is 15.4. The van der Waals surface area contributed by atoms with Crippen LogP contribution in [-0.4, -0.2) is 82.5 Å². The number of ether oxygens (including phenoxy) is 2. The van der Waals surface area contributed by atoms with E-state index in [4.69, 9.17) is 9.47 Å². The van der Waals surface area contributed by atoms with Crippen molar-refractivity contribution in [2.75, 3.05) is 26.2 Å². The third-order valence-electron chi connectivity index (χ3n) is 7.34. The average molecular weight is 496 g/mol. The summed E-state index contributed by atoms with van der Waals surface area (Å²) in [4.78, 5) is 42.1. The highest BCUT2D eigenvalue weighted by atomic mass is 16.6. The lowest BCUT2D eigenvalue weighted by Crippen LogP contribution is -2.64. The van der Waals surface area contributed by atoms with Crippen molar-refractivity contribution < 1.29 is 29.0 Å². The largest absolute Gasteiger partial charge is 0.444 e. The Morgan fingerprint density at radius 2 is 1.51 bits per heavy atom. The fourth-order valence-electron chi connectivity index (χ4n) is 5.48. The lowest BCUT2D eigenvalue weighted by molar-refractivity contribution is -0.142. The number of aliphatic hydroxyl groups excluding tert-OH is 1. The van der Waals surface area contributed by atoms with Gasteiger partial charge in [-0.15, -0.1) is 0 Å². The summed E-state index contributed by atoms with van der Waals surface area (Å²) in [5.74, 6) is -0.110. The zero-order chi connectivity index (χ0) is 26.2. The number of nitrogens with one attached hydrogen (secondary N) is 1. The van der Waals surface area contributed by atoms with Gasteiger partial charge >= 0.3 is 12.2 Å². The molecule has 1 unspecified atom stereocenters. The van der Waals surface area contributed by atoms with Crippen molar-refractivity contribution in [1.82, 2.24) is 15.1 Å². The van der Waals surface area contributed by atoms with Crippen molar-refractivity contribution in [2.24, 2.45) is 17.3 Å². The third-order valence-corrected chi connectivity index (χ3v) is 7.34. The van der Waals surface area contributed by atoms with Crippen molar-refractivity contribution in [3.8, 4) is 0 Å². The predicted molar refractivity (Wildman–Crippen MR) is 132 cm³/mol. The van der Waals surface area contributed by atoms with E-state index in [0.29, 0.717) is 44.9 Å². The van der Waals surface area contributed by atoms with Gasteiger partial charge in [0.25, 0.3) is 0 Å². The van der Waals surface area contributed by atoms with Crippen LogP contribution in [0.5, 0.6) is 0 Å². The minimum absolute atomic E-state index is 0.0154. The number of carbonyl (C=O) groups is 3. The van der Waals surface area contributed by atoms with Crippen molar-refractivity contribution in [3.63, 3.8) is 0 Å². The van der Waals surface area contributed by atoms with Crippen LogP contribution in [0.2, 0.25) is 0 Å². The van der Waals surface area contributed by atoms with Gasteiger partial charge in [0, 0.05) is 37.5 Å². The number of amides is 3. The minimum atomic E-state index is -0.818. The van der Waals surface area contributed by atoms with Gasteiger partial charge in [-0.05, 0) is 73.1 Å². The molecule has 0 aromatic carbocycles. The van der Waals surface area contributed by atoms with Crippen molar-refractivity contribution in [2.45, 2.75) is 104 Å². The van der Waals surface area contributed by atoms with E-state index in [1.165, 1.54) is 0 Å². The molecular weight excluding hydrogens is 450 g/mol. The van der Waals surface area contributed by atoms with E-state index in [2.05, 4.69) is 12.2 Å².